The standard InChI is InChI=1S/C17H20ClN3O2/c1-11-12(10-19-21(11)2)6-7-16(22)20-15-8-9-23-17-13(15)4-3-5-14(17)18/h3-5,10,15H,6-9H2,1-2H3,(H,20,22)/t15-/m0/s1. The Bertz CT molecular complexity index is 727. The van der Waals surface area contributed by atoms with Gasteiger partial charge < -0.3 is 10.1 Å². The third kappa shape index (κ3) is 3.34. The van der Waals surface area contributed by atoms with E-state index in [0.29, 0.717) is 30.2 Å². The van der Waals surface area contributed by atoms with Crippen LogP contribution in [0.3, 0.4) is 0 Å². The van der Waals surface area contributed by atoms with Crippen LogP contribution in [0.25, 0.3) is 0 Å². The number of rotatable bonds is 4. The fraction of sp³-hybridized carbons (Fsp3) is 0.412. The van der Waals surface area contributed by atoms with Gasteiger partial charge in [0.05, 0.1) is 23.9 Å². The summed E-state index contributed by atoms with van der Waals surface area (Å²) >= 11 is 6.16. The molecule has 0 unspecified atom stereocenters. The molecule has 1 aliphatic rings. The van der Waals surface area contributed by atoms with Crippen molar-refractivity contribution in [2.24, 2.45) is 7.05 Å². The molecule has 1 aromatic heterocycles. The number of hydrogen-bond acceptors (Lipinski definition) is 3. The first-order valence-corrected chi connectivity index (χ1v) is 8.12. The van der Waals surface area contributed by atoms with Gasteiger partial charge in [0.2, 0.25) is 5.91 Å². The second kappa shape index (κ2) is 6.62. The molecule has 0 saturated carbocycles. The van der Waals surface area contributed by atoms with Gasteiger partial charge in [0.1, 0.15) is 5.75 Å². The molecule has 1 atom stereocenters. The van der Waals surface area contributed by atoms with Crippen molar-refractivity contribution in [3.8, 4) is 5.75 Å². The largest absolute Gasteiger partial charge is 0.492 e. The Kier molecular flexibility index (Phi) is 4.57. The maximum absolute atomic E-state index is 12.3. The lowest BCUT2D eigenvalue weighted by Crippen LogP contribution is -2.32. The highest BCUT2D eigenvalue weighted by Crippen LogP contribution is 2.37. The summed E-state index contributed by atoms with van der Waals surface area (Å²) in [6, 6.07) is 5.60. The summed E-state index contributed by atoms with van der Waals surface area (Å²) in [5.74, 6) is 0.722. The van der Waals surface area contributed by atoms with E-state index in [9.17, 15) is 4.79 Å². The molecule has 1 N–H and O–H groups in total. The van der Waals surface area contributed by atoms with E-state index in [4.69, 9.17) is 16.3 Å². The summed E-state index contributed by atoms with van der Waals surface area (Å²) in [5, 5.41) is 7.89. The molecule has 1 aliphatic heterocycles. The van der Waals surface area contributed by atoms with Crippen molar-refractivity contribution in [1.82, 2.24) is 15.1 Å². The van der Waals surface area contributed by atoms with Crippen LogP contribution in [0.2, 0.25) is 5.02 Å². The quantitative estimate of drug-likeness (QED) is 0.936. The summed E-state index contributed by atoms with van der Waals surface area (Å²) < 4.78 is 7.44. The fourth-order valence-electron chi connectivity index (χ4n) is 2.84. The molecule has 5 nitrogen and oxygen atoms in total. The number of nitrogens with zero attached hydrogens (tertiary/aromatic N) is 2. The van der Waals surface area contributed by atoms with Crippen molar-refractivity contribution >= 4 is 17.5 Å². The maximum Gasteiger partial charge on any atom is 0.220 e. The van der Waals surface area contributed by atoms with E-state index in [2.05, 4.69) is 10.4 Å². The van der Waals surface area contributed by atoms with Crippen LogP contribution >= 0.6 is 11.6 Å². The Morgan fingerprint density at radius 3 is 3.09 bits per heavy atom. The molecule has 6 heteroatoms. The molecular formula is C17H20ClN3O2. The van der Waals surface area contributed by atoms with E-state index < -0.39 is 0 Å². The number of benzene rings is 1. The van der Waals surface area contributed by atoms with Crippen LogP contribution in [-0.4, -0.2) is 22.3 Å². The summed E-state index contributed by atoms with van der Waals surface area (Å²) in [4.78, 5) is 12.3. The first kappa shape index (κ1) is 15.9. The number of hydrogen-bond donors (Lipinski definition) is 1. The molecule has 1 aromatic carbocycles. The minimum absolute atomic E-state index is 0.0334. The molecular weight excluding hydrogens is 314 g/mol. The second-order valence-corrected chi connectivity index (χ2v) is 6.20. The normalized spacial score (nSPS) is 16.6. The van der Waals surface area contributed by atoms with E-state index in [-0.39, 0.29) is 11.9 Å². The number of nitrogens with one attached hydrogen (secondary N) is 1. The molecule has 122 valence electrons. The average molecular weight is 334 g/mol. The van der Waals surface area contributed by atoms with E-state index in [1.807, 2.05) is 37.0 Å². The first-order valence-electron chi connectivity index (χ1n) is 7.74. The van der Waals surface area contributed by atoms with Crippen molar-refractivity contribution in [3.05, 3.63) is 46.2 Å². The fourth-order valence-corrected chi connectivity index (χ4v) is 3.08. The van der Waals surface area contributed by atoms with Gasteiger partial charge in [-0.3, -0.25) is 9.48 Å². The Balaban J connectivity index is 1.63. The number of para-hydroxylation sites is 1. The van der Waals surface area contributed by atoms with Crippen molar-refractivity contribution in [1.29, 1.82) is 0 Å². The SMILES string of the molecule is Cc1c(CCC(=O)N[C@H]2CCOc3c(Cl)cccc32)cnn1C. The summed E-state index contributed by atoms with van der Waals surface area (Å²) in [6.45, 7) is 2.57. The lowest BCUT2D eigenvalue weighted by atomic mass is 10.00. The number of carbonyl (C=O) groups excluding carboxylic acids is 1. The molecule has 1 amide bonds. The minimum Gasteiger partial charge on any atom is -0.492 e. The van der Waals surface area contributed by atoms with Crippen molar-refractivity contribution < 1.29 is 9.53 Å². The molecule has 2 aromatic rings. The number of fused-ring (bicyclic) bond motifs is 1. The number of aryl methyl sites for hydroxylation is 2. The van der Waals surface area contributed by atoms with Crippen LogP contribution in [0, 0.1) is 6.92 Å². The minimum atomic E-state index is -0.0417. The lowest BCUT2D eigenvalue weighted by Gasteiger charge is -2.27. The summed E-state index contributed by atoms with van der Waals surface area (Å²) in [7, 11) is 1.90. The number of halogens is 1. The van der Waals surface area contributed by atoms with Crippen LogP contribution in [-0.2, 0) is 18.3 Å². The molecule has 2 heterocycles. The van der Waals surface area contributed by atoms with Crippen LogP contribution in [0.15, 0.2) is 24.4 Å². The highest BCUT2D eigenvalue weighted by Gasteiger charge is 2.24. The zero-order valence-electron chi connectivity index (χ0n) is 13.3. The molecule has 0 radical (unpaired) electrons. The number of ether oxygens (including phenoxy) is 1. The Hall–Kier alpha value is -2.01. The van der Waals surface area contributed by atoms with Gasteiger partial charge in [0.25, 0.3) is 0 Å². The van der Waals surface area contributed by atoms with Crippen molar-refractivity contribution in [2.75, 3.05) is 6.61 Å². The predicted octanol–water partition coefficient (Wildman–Crippen LogP) is 2.95. The van der Waals surface area contributed by atoms with Gasteiger partial charge in [0, 0.05) is 31.1 Å². The Morgan fingerprint density at radius 2 is 2.35 bits per heavy atom. The highest BCUT2D eigenvalue weighted by atomic mass is 35.5. The topological polar surface area (TPSA) is 56.1 Å². The zero-order valence-corrected chi connectivity index (χ0v) is 14.1. The van der Waals surface area contributed by atoms with Gasteiger partial charge in [-0.15, -0.1) is 0 Å². The van der Waals surface area contributed by atoms with E-state index >= 15 is 0 Å². The van der Waals surface area contributed by atoms with Crippen molar-refractivity contribution in [3.63, 3.8) is 0 Å². The molecule has 0 saturated heterocycles. The average Bonchev–Trinajstić information content (AvgIpc) is 2.86. The number of carbonyl (C=O) groups is 1. The monoisotopic (exact) mass is 333 g/mol. The van der Waals surface area contributed by atoms with Crippen molar-refractivity contribution in [2.45, 2.75) is 32.2 Å². The van der Waals surface area contributed by atoms with Crippen LogP contribution in [0.4, 0.5) is 0 Å². The molecule has 0 fully saturated rings. The number of aromatic nitrogens is 2. The Labute approximate surface area is 140 Å². The molecule has 0 bridgehead atoms. The maximum atomic E-state index is 12.3. The van der Waals surface area contributed by atoms with Crippen LogP contribution in [0.1, 0.15) is 35.7 Å². The van der Waals surface area contributed by atoms with Gasteiger partial charge in [-0.2, -0.15) is 5.10 Å². The van der Waals surface area contributed by atoms with E-state index in [0.717, 1.165) is 23.2 Å². The molecule has 0 spiro atoms. The third-order valence-corrected chi connectivity index (χ3v) is 4.62. The number of amides is 1. The second-order valence-electron chi connectivity index (χ2n) is 5.79. The third-order valence-electron chi connectivity index (χ3n) is 4.32. The van der Waals surface area contributed by atoms with Crippen LogP contribution in [0.5, 0.6) is 5.75 Å². The van der Waals surface area contributed by atoms with E-state index in [1.54, 1.807) is 6.07 Å². The lowest BCUT2D eigenvalue weighted by molar-refractivity contribution is -0.122. The molecule has 0 aliphatic carbocycles. The Morgan fingerprint density at radius 1 is 1.52 bits per heavy atom. The van der Waals surface area contributed by atoms with Gasteiger partial charge in [-0.25, -0.2) is 0 Å². The summed E-state index contributed by atoms with van der Waals surface area (Å²) in [6.07, 6.45) is 3.72. The smallest absolute Gasteiger partial charge is 0.220 e. The van der Waals surface area contributed by atoms with E-state index in [1.165, 1.54) is 0 Å². The molecule has 23 heavy (non-hydrogen) atoms. The predicted molar refractivity (Wildman–Crippen MR) is 88.7 cm³/mol. The first-order chi connectivity index (χ1) is 11.1. The van der Waals surface area contributed by atoms with Gasteiger partial charge >= 0.3 is 0 Å². The van der Waals surface area contributed by atoms with Gasteiger partial charge in [-0.05, 0) is 25.0 Å². The van der Waals surface area contributed by atoms with Crippen LogP contribution < -0.4 is 10.1 Å². The van der Waals surface area contributed by atoms with Gasteiger partial charge in [-0.1, -0.05) is 23.7 Å². The zero-order chi connectivity index (χ0) is 16.4. The molecule has 3 rings (SSSR count). The summed E-state index contributed by atoms with van der Waals surface area (Å²) in [5.41, 5.74) is 3.16. The van der Waals surface area contributed by atoms with Gasteiger partial charge in [0.15, 0.2) is 0 Å². The highest BCUT2D eigenvalue weighted by molar-refractivity contribution is 6.32.